The first kappa shape index (κ1) is 53.8. The predicted octanol–water partition coefficient (Wildman–Crippen LogP) is 19.8. The minimum atomic E-state index is -0.107. The van der Waals surface area contributed by atoms with Gasteiger partial charge < -0.3 is 14.2 Å². The monoisotopic (exact) mass is 1090 g/mol. The number of aryl methyl sites for hydroxylation is 2. The molecule has 4 nitrogen and oxygen atoms in total. The molecule has 0 N–H and O–H groups in total. The van der Waals surface area contributed by atoms with E-state index >= 15 is 0 Å². The zero-order valence-corrected chi connectivity index (χ0v) is 52.0. The van der Waals surface area contributed by atoms with E-state index in [1.165, 1.54) is 107 Å². The quantitative estimate of drug-likeness (QED) is 0.141. The molecule has 2 aliphatic heterocycles. The minimum absolute atomic E-state index is 0.00101. The number of nitrogens with zero attached hydrogens (tertiary/aromatic N) is 3. The predicted molar refractivity (Wildman–Crippen MR) is 355 cm³/mol. The average Bonchev–Trinajstić information content (AvgIpc) is 1.87. The number of benzene rings is 8. The van der Waals surface area contributed by atoms with Crippen LogP contribution in [0, 0.1) is 0 Å². The van der Waals surface area contributed by atoms with Crippen molar-refractivity contribution >= 4 is 85.5 Å². The Morgan fingerprint density at radius 2 is 0.831 bits per heavy atom. The van der Waals surface area contributed by atoms with E-state index in [4.69, 9.17) is 4.42 Å². The summed E-state index contributed by atoms with van der Waals surface area (Å²) in [6.07, 6.45) is 8.84. The Labute approximate surface area is 496 Å². The summed E-state index contributed by atoms with van der Waals surface area (Å²) in [6.45, 7) is 34.2. The number of furan rings is 1. The highest BCUT2D eigenvalue weighted by Crippen LogP contribution is 2.55. The van der Waals surface area contributed by atoms with Crippen LogP contribution in [0.2, 0.25) is 0 Å². The van der Waals surface area contributed by atoms with E-state index in [0.717, 1.165) is 79.2 Å². The fourth-order valence-corrected chi connectivity index (χ4v) is 15.9. The van der Waals surface area contributed by atoms with Crippen LogP contribution in [0.15, 0.2) is 162 Å². The van der Waals surface area contributed by atoms with E-state index in [1.54, 1.807) is 0 Å². The number of anilines is 9. The van der Waals surface area contributed by atoms with Gasteiger partial charge in [0, 0.05) is 56.3 Å². The lowest BCUT2D eigenvalue weighted by molar-refractivity contribution is 0.332. The van der Waals surface area contributed by atoms with Crippen LogP contribution in [0.3, 0.4) is 0 Å². The Morgan fingerprint density at radius 1 is 0.398 bits per heavy atom. The SMILES string of the molecule is CCc1cc2oc3c(c2cc1CC)B1c2cc4c(cc2N(c2ccc5c(c2)C(C)(C)CCC5(C)C)c2cc(-c5ccc(N(c6ccccc6)c6ccccc6)cc5)cc(c21)N3c1ccc2c(c1)C(C)(C)CCC2(C)C)C(C)(C)CCC4(C)C. The second kappa shape index (κ2) is 18.6. The third-order valence-corrected chi connectivity index (χ3v) is 21.4. The average molecular weight is 1090 g/mol. The first-order valence-electron chi connectivity index (χ1n) is 31.4. The molecule has 0 atom stereocenters. The lowest BCUT2D eigenvalue weighted by atomic mass is 9.33. The Kier molecular flexibility index (Phi) is 12.1. The van der Waals surface area contributed by atoms with Crippen molar-refractivity contribution in [2.24, 2.45) is 0 Å². The van der Waals surface area contributed by atoms with Crippen LogP contribution >= 0.6 is 0 Å². The van der Waals surface area contributed by atoms with Gasteiger partial charge >= 0.3 is 0 Å². The topological polar surface area (TPSA) is 22.9 Å². The maximum Gasteiger partial charge on any atom is 0.257 e. The van der Waals surface area contributed by atoms with Crippen molar-refractivity contribution in [3.63, 3.8) is 0 Å². The fourth-order valence-electron chi connectivity index (χ4n) is 15.9. The summed E-state index contributed by atoms with van der Waals surface area (Å²) in [5.41, 5.74) is 28.5. The molecule has 9 aromatic rings. The first-order chi connectivity index (χ1) is 39.5. The zero-order valence-electron chi connectivity index (χ0n) is 52.0. The second-order valence-corrected chi connectivity index (χ2v) is 29.5. The number of rotatable bonds is 8. The molecule has 0 unspecified atom stereocenters. The van der Waals surface area contributed by atoms with E-state index in [2.05, 4.69) is 269 Å². The zero-order chi connectivity index (χ0) is 57.9. The Balaban J connectivity index is 1.10. The molecule has 0 amide bonds. The minimum Gasteiger partial charge on any atom is -0.440 e. The van der Waals surface area contributed by atoms with Crippen LogP contribution < -0.4 is 31.1 Å². The van der Waals surface area contributed by atoms with Crippen molar-refractivity contribution in [1.82, 2.24) is 0 Å². The van der Waals surface area contributed by atoms with E-state index in [9.17, 15) is 0 Å². The first-order valence-corrected chi connectivity index (χ1v) is 31.4. The molecule has 0 saturated heterocycles. The van der Waals surface area contributed by atoms with Gasteiger partial charge in [0.2, 0.25) is 5.88 Å². The summed E-state index contributed by atoms with van der Waals surface area (Å²) >= 11 is 0. The molecular formula is C78H84BN3O. The van der Waals surface area contributed by atoms with Gasteiger partial charge in [0.25, 0.3) is 6.71 Å². The van der Waals surface area contributed by atoms with Gasteiger partial charge in [0.05, 0.1) is 0 Å². The highest BCUT2D eigenvalue weighted by molar-refractivity contribution is 7.01. The van der Waals surface area contributed by atoms with Gasteiger partial charge in [-0.2, -0.15) is 0 Å². The van der Waals surface area contributed by atoms with Gasteiger partial charge in [-0.1, -0.05) is 164 Å². The van der Waals surface area contributed by atoms with Crippen molar-refractivity contribution in [2.75, 3.05) is 14.7 Å². The smallest absolute Gasteiger partial charge is 0.257 e. The van der Waals surface area contributed by atoms with Gasteiger partial charge in [0.15, 0.2) is 0 Å². The third kappa shape index (κ3) is 8.35. The number of para-hydroxylation sites is 2. The van der Waals surface area contributed by atoms with E-state index < -0.39 is 0 Å². The number of fused-ring (bicyclic) bond motifs is 9. The highest BCUT2D eigenvalue weighted by Gasteiger charge is 2.50. The van der Waals surface area contributed by atoms with Crippen LogP contribution in [0.1, 0.15) is 180 Å². The van der Waals surface area contributed by atoms with E-state index in [0.29, 0.717) is 0 Å². The molecule has 420 valence electrons. The molecule has 8 aromatic carbocycles. The van der Waals surface area contributed by atoms with Crippen molar-refractivity contribution in [2.45, 2.75) is 181 Å². The van der Waals surface area contributed by atoms with Crippen molar-refractivity contribution < 1.29 is 4.42 Å². The molecule has 5 heteroatoms. The maximum absolute atomic E-state index is 7.69. The summed E-state index contributed by atoms with van der Waals surface area (Å²) in [7, 11) is 0. The molecule has 0 bridgehead atoms. The van der Waals surface area contributed by atoms with E-state index in [-0.39, 0.29) is 39.2 Å². The summed E-state index contributed by atoms with van der Waals surface area (Å²) in [5, 5.41) is 1.23. The summed E-state index contributed by atoms with van der Waals surface area (Å²) < 4.78 is 7.69. The number of hydrogen-bond acceptors (Lipinski definition) is 4. The number of hydrogen-bond donors (Lipinski definition) is 0. The standard InChI is InChI=1S/C78H84BN3O/c1-15-49-41-58-69(44-50(49)16-2)83-72-70(58)79-65-47-63-64(78(13,14)40-39-77(63,11)12)48-66(65)81(56-31-33-59-61(45-56)75(7,8)37-35-73(59,3)4)67-42-52(51-27-29-55(30-28-51)80(53-23-19-17-20-24-53)54-25-21-18-22-26-54)43-68(71(67)79)82(72)57-32-34-60-62(46-57)76(9,10)38-36-74(60,5)6/h17-34,41-48H,15-16,35-40H2,1-14H3. The highest BCUT2D eigenvalue weighted by atomic mass is 16.4. The van der Waals surface area contributed by atoms with Crippen LogP contribution in [-0.4, -0.2) is 6.71 Å². The van der Waals surface area contributed by atoms with Crippen molar-refractivity contribution in [1.29, 1.82) is 0 Å². The van der Waals surface area contributed by atoms with Crippen LogP contribution in [0.5, 0.6) is 0 Å². The molecule has 0 saturated carbocycles. The normalized spacial score (nSPS) is 18.8. The lowest BCUT2D eigenvalue weighted by Crippen LogP contribution is -2.61. The lowest BCUT2D eigenvalue weighted by Gasteiger charge is -2.47. The van der Waals surface area contributed by atoms with Crippen molar-refractivity contribution in [3.8, 4) is 11.1 Å². The Hall–Kier alpha value is -7.24. The molecule has 1 aromatic heterocycles. The van der Waals surface area contributed by atoms with Gasteiger partial charge in [-0.05, 0) is 241 Å². The van der Waals surface area contributed by atoms with Gasteiger partial charge in [-0.15, -0.1) is 0 Å². The Bertz CT molecular complexity index is 4040. The molecular weight excluding hydrogens is 1010 g/mol. The second-order valence-electron chi connectivity index (χ2n) is 29.5. The summed E-state index contributed by atoms with van der Waals surface area (Å²) in [6, 6.07) is 61.3. The van der Waals surface area contributed by atoms with Gasteiger partial charge in [-0.25, -0.2) is 0 Å². The molecule has 3 aliphatic carbocycles. The van der Waals surface area contributed by atoms with E-state index in [1.807, 2.05) is 0 Å². The van der Waals surface area contributed by atoms with Crippen LogP contribution in [-0.2, 0) is 45.3 Å². The third-order valence-electron chi connectivity index (χ3n) is 21.4. The molecule has 14 rings (SSSR count). The summed E-state index contributed by atoms with van der Waals surface area (Å²) in [4.78, 5) is 7.66. The van der Waals surface area contributed by atoms with Gasteiger partial charge in [-0.3, -0.25) is 4.90 Å². The molecule has 0 radical (unpaired) electrons. The van der Waals surface area contributed by atoms with Crippen LogP contribution in [0.25, 0.3) is 22.1 Å². The Morgan fingerprint density at radius 3 is 1.34 bits per heavy atom. The molecule has 0 spiro atoms. The summed E-state index contributed by atoms with van der Waals surface area (Å²) in [5.74, 6) is 0.940. The fraction of sp³-hybridized carbons (Fsp3) is 0.359. The van der Waals surface area contributed by atoms with Gasteiger partial charge in [0.1, 0.15) is 5.58 Å². The molecule has 0 fully saturated rings. The maximum atomic E-state index is 7.69. The largest absolute Gasteiger partial charge is 0.440 e. The molecule has 83 heavy (non-hydrogen) atoms. The van der Waals surface area contributed by atoms with Crippen molar-refractivity contribution in [3.05, 3.63) is 202 Å². The molecule has 5 aliphatic rings. The van der Waals surface area contributed by atoms with Crippen LogP contribution in [0.4, 0.5) is 51.4 Å². The molecule has 3 heterocycles.